The Balaban J connectivity index is 1.46. The van der Waals surface area contributed by atoms with Gasteiger partial charge in [-0.3, -0.25) is 9.59 Å². The monoisotopic (exact) mass is 376 g/mol. The fraction of sp³-hybridized carbons (Fsp3) is 0.368. The number of hydrogen-bond donors (Lipinski definition) is 1. The smallest absolute Gasteiger partial charge is 0.277 e. The molecule has 3 rings (SSSR count). The molecule has 0 aliphatic carbocycles. The van der Waals surface area contributed by atoms with Crippen molar-refractivity contribution in [3.63, 3.8) is 0 Å². The van der Waals surface area contributed by atoms with Gasteiger partial charge in [-0.1, -0.05) is 18.2 Å². The van der Waals surface area contributed by atoms with E-state index in [9.17, 15) is 14.0 Å². The second-order valence-corrected chi connectivity index (χ2v) is 7.54. The molecule has 1 fully saturated rings. The number of nitrogens with one attached hydrogen (secondary N) is 1. The Hall–Kier alpha value is -2.25. The average Bonchev–Trinajstić information content (AvgIpc) is 3.15. The number of halogens is 1. The van der Waals surface area contributed by atoms with Gasteiger partial charge in [0.05, 0.1) is 11.9 Å². The molecule has 2 heterocycles. The van der Waals surface area contributed by atoms with E-state index in [0.29, 0.717) is 39.3 Å². The summed E-state index contributed by atoms with van der Waals surface area (Å²) in [7, 11) is 1.93. The number of amides is 2. The second kappa shape index (κ2) is 8.42. The number of benzene rings is 1. The third kappa shape index (κ3) is 4.68. The molecule has 0 radical (unpaired) electrons. The number of carbonyl (C=O) groups is 2. The van der Waals surface area contributed by atoms with Crippen molar-refractivity contribution in [1.82, 2.24) is 9.80 Å². The molecule has 1 atom stereocenters. The molecule has 26 heavy (non-hydrogen) atoms. The summed E-state index contributed by atoms with van der Waals surface area (Å²) in [6.07, 6.45) is 0. The minimum absolute atomic E-state index is 0.0425. The number of rotatable bonds is 5. The Morgan fingerprint density at radius 2 is 1.85 bits per heavy atom. The van der Waals surface area contributed by atoms with E-state index in [4.69, 9.17) is 0 Å². The number of carbonyl (C=O) groups excluding carboxylic acids is 2. The fourth-order valence-corrected chi connectivity index (χ4v) is 3.83. The predicted octanol–water partition coefficient (Wildman–Crippen LogP) is 0.887. The first-order valence-corrected chi connectivity index (χ1v) is 9.57. The van der Waals surface area contributed by atoms with E-state index in [1.54, 1.807) is 11.0 Å². The molecular formula is C19H23FN3O2S+. The van der Waals surface area contributed by atoms with Crippen molar-refractivity contribution in [3.8, 4) is 0 Å². The highest BCUT2D eigenvalue weighted by Crippen LogP contribution is 2.13. The van der Waals surface area contributed by atoms with Crippen LogP contribution < -0.4 is 4.90 Å². The van der Waals surface area contributed by atoms with E-state index >= 15 is 0 Å². The maximum Gasteiger partial charge on any atom is 0.277 e. The highest BCUT2D eigenvalue weighted by molar-refractivity contribution is 7.12. The summed E-state index contributed by atoms with van der Waals surface area (Å²) in [5.74, 6) is -0.142. The van der Waals surface area contributed by atoms with Crippen molar-refractivity contribution >= 4 is 23.2 Å². The molecule has 0 bridgehead atoms. The number of likely N-dealkylation sites (N-methyl/N-ethyl adjacent to an activating group) is 1. The van der Waals surface area contributed by atoms with Crippen LogP contribution in [0, 0.1) is 5.82 Å². The Kier molecular flexibility index (Phi) is 6.00. The molecule has 2 aromatic rings. The molecule has 1 aromatic heterocycles. The number of quaternary nitrogens is 1. The minimum atomic E-state index is -0.256. The van der Waals surface area contributed by atoms with Gasteiger partial charge < -0.3 is 14.7 Å². The van der Waals surface area contributed by atoms with E-state index in [2.05, 4.69) is 0 Å². The van der Waals surface area contributed by atoms with Gasteiger partial charge >= 0.3 is 0 Å². The van der Waals surface area contributed by atoms with Gasteiger partial charge in [0.1, 0.15) is 12.4 Å². The molecule has 5 nitrogen and oxygen atoms in total. The topological polar surface area (TPSA) is 45.1 Å². The SMILES string of the molecule is C[NH+](CC(=O)N1CCN(C(=O)c2cccs2)CC1)Cc1cccc(F)c1. The lowest BCUT2D eigenvalue weighted by Crippen LogP contribution is -3.09. The molecule has 1 aliphatic heterocycles. The third-order valence-electron chi connectivity index (χ3n) is 4.50. The molecule has 1 aromatic carbocycles. The van der Waals surface area contributed by atoms with Crippen molar-refractivity contribution in [1.29, 1.82) is 0 Å². The lowest BCUT2D eigenvalue weighted by molar-refractivity contribution is -0.885. The third-order valence-corrected chi connectivity index (χ3v) is 5.36. The first kappa shape index (κ1) is 18.5. The molecular weight excluding hydrogens is 353 g/mol. The van der Waals surface area contributed by atoms with E-state index in [1.165, 1.54) is 23.5 Å². The number of nitrogens with zero attached hydrogens (tertiary/aromatic N) is 2. The van der Waals surface area contributed by atoms with Crippen LogP contribution in [0.2, 0.25) is 0 Å². The van der Waals surface area contributed by atoms with Crippen molar-refractivity contribution in [2.75, 3.05) is 39.8 Å². The van der Waals surface area contributed by atoms with Gasteiger partial charge in [-0.25, -0.2) is 4.39 Å². The first-order valence-electron chi connectivity index (χ1n) is 8.69. The number of piperazine rings is 1. The zero-order chi connectivity index (χ0) is 18.5. The Labute approximate surface area is 156 Å². The van der Waals surface area contributed by atoms with Gasteiger partial charge in [-0.05, 0) is 23.6 Å². The van der Waals surface area contributed by atoms with Crippen LogP contribution in [0.5, 0.6) is 0 Å². The molecule has 138 valence electrons. The largest absolute Gasteiger partial charge is 0.334 e. The van der Waals surface area contributed by atoms with E-state index in [0.717, 1.165) is 15.3 Å². The van der Waals surface area contributed by atoms with Crippen LogP contribution in [0.4, 0.5) is 4.39 Å². The van der Waals surface area contributed by atoms with Crippen LogP contribution in [0.3, 0.4) is 0 Å². The summed E-state index contributed by atoms with van der Waals surface area (Å²) in [6.45, 7) is 3.19. The maximum absolute atomic E-state index is 13.3. The minimum Gasteiger partial charge on any atom is -0.334 e. The summed E-state index contributed by atoms with van der Waals surface area (Å²) in [6, 6.07) is 10.2. The standard InChI is InChI=1S/C19H22FN3O2S/c1-21(13-15-4-2-5-16(20)12-15)14-18(24)22-7-9-23(10-8-22)19(25)17-6-3-11-26-17/h2-6,11-12H,7-10,13-14H2,1H3/p+1. The van der Waals surface area contributed by atoms with Crippen molar-refractivity contribution in [2.24, 2.45) is 0 Å². The number of hydrogen-bond acceptors (Lipinski definition) is 3. The summed E-state index contributed by atoms with van der Waals surface area (Å²) in [4.78, 5) is 30.2. The molecule has 1 N–H and O–H groups in total. The maximum atomic E-state index is 13.3. The lowest BCUT2D eigenvalue weighted by Gasteiger charge is -2.34. The zero-order valence-electron chi connectivity index (χ0n) is 14.8. The van der Waals surface area contributed by atoms with Crippen LogP contribution in [0.1, 0.15) is 15.2 Å². The molecule has 0 saturated carbocycles. The van der Waals surface area contributed by atoms with E-state index in [1.807, 2.05) is 35.5 Å². The quantitative estimate of drug-likeness (QED) is 0.842. The van der Waals surface area contributed by atoms with Crippen molar-refractivity contribution < 1.29 is 18.9 Å². The summed E-state index contributed by atoms with van der Waals surface area (Å²) in [5.41, 5.74) is 0.877. The van der Waals surface area contributed by atoms with Crippen molar-refractivity contribution in [3.05, 3.63) is 58.0 Å². The molecule has 1 unspecified atom stereocenters. The zero-order valence-corrected chi connectivity index (χ0v) is 15.6. The van der Waals surface area contributed by atoms with Crippen LogP contribution in [-0.2, 0) is 11.3 Å². The molecule has 1 saturated heterocycles. The van der Waals surface area contributed by atoms with Crippen LogP contribution in [0.15, 0.2) is 41.8 Å². The fourth-order valence-electron chi connectivity index (χ4n) is 3.14. The Morgan fingerprint density at radius 1 is 1.12 bits per heavy atom. The molecule has 0 spiro atoms. The van der Waals surface area contributed by atoms with Crippen LogP contribution >= 0.6 is 11.3 Å². The lowest BCUT2D eigenvalue weighted by atomic mass is 10.2. The van der Waals surface area contributed by atoms with E-state index < -0.39 is 0 Å². The summed E-state index contributed by atoms with van der Waals surface area (Å²) < 4.78 is 13.3. The second-order valence-electron chi connectivity index (χ2n) is 6.59. The van der Waals surface area contributed by atoms with Crippen molar-refractivity contribution in [2.45, 2.75) is 6.54 Å². The summed E-state index contributed by atoms with van der Waals surface area (Å²) >= 11 is 1.44. The van der Waals surface area contributed by atoms with Gasteiger partial charge in [-0.2, -0.15) is 0 Å². The van der Waals surface area contributed by atoms with Gasteiger partial charge in [0.25, 0.3) is 11.8 Å². The normalized spacial score (nSPS) is 15.8. The Bertz CT molecular complexity index is 758. The first-order chi connectivity index (χ1) is 12.5. The summed E-state index contributed by atoms with van der Waals surface area (Å²) in [5, 5.41) is 1.89. The van der Waals surface area contributed by atoms with Gasteiger partial charge in [-0.15, -0.1) is 11.3 Å². The Morgan fingerprint density at radius 3 is 2.50 bits per heavy atom. The number of thiophene rings is 1. The average molecular weight is 376 g/mol. The highest BCUT2D eigenvalue weighted by atomic mass is 32.1. The van der Waals surface area contributed by atoms with E-state index in [-0.39, 0.29) is 17.6 Å². The molecule has 7 heteroatoms. The molecule has 2 amide bonds. The van der Waals surface area contributed by atoms with Gasteiger partial charge in [0.2, 0.25) is 0 Å². The highest BCUT2D eigenvalue weighted by Gasteiger charge is 2.26. The van der Waals surface area contributed by atoms with Gasteiger partial charge in [0.15, 0.2) is 6.54 Å². The molecule has 1 aliphatic rings. The van der Waals surface area contributed by atoms with Crippen LogP contribution in [0.25, 0.3) is 0 Å². The predicted molar refractivity (Wildman–Crippen MR) is 98.7 cm³/mol. The van der Waals surface area contributed by atoms with Gasteiger partial charge in [0, 0.05) is 31.7 Å². The van der Waals surface area contributed by atoms with Crippen LogP contribution in [-0.4, -0.2) is 61.4 Å².